The highest BCUT2D eigenvalue weighted by Gasteiger charge is 2.41. The van der Waals surface area contributed by atoms with Gasteiger partial charge in [-0.3, -0.25) is 4.79 Å². The number of nitrogens with zero attached hydrogens (tertiary/aromatic N) is 4. The van der Waals surface area contributed by atoms with Gasteiger partial charge in [0.2, 0.25) is 11.9 Å². The van der Waals surface area contributed by atoms with Crippen molar-refractivity contribution in [3.8, 4) is 0 Å². The first kappa shape index (κ1) is 18.5. The first-order valence-electron chi connectivity index (χ1n) is 10.1. The van der Waals surface area contributed by atoms with Crippen LogP contribution in [0.5, 0.6) is 0 Å². The Hall–Kier alpha value is -3.48. The molecule has 0 aliphatic carbocycles. The van der Waals surface area contributed by atoms with Crippen LogP contribution in [0.15, 0.2) is 67.0 Å². The fourth-order valence-corrected chi connectivity index (χ4v) is 4.46. The van der Waals surface area contributed by atoms with E-state index in [1.807, 2.05) is 12.1 Å². The zero-order chi connectivity index (χ0) is 20.5. The van der Waals surface area contributed by atoms with Crippen molar-refractivity contribution in [2.75, 3.05) is 34.8 Å². The second-order valence-electron chi connectivity index (χ2n) is 7.69. The minimum absolute atomic E-state index is 0.00194. The zero-order valence-corrected chi connectivity index (χ0v) is 16.4. The van der Waals surface area contributed by atoms with Gasteiger partial charge in [-0.15, -0.1) is 0 Å². The quantitative estimate of drug-likeness (QED) is 0.728. The lowest BCUT2D eigenvalue weighted by Crippen LogP contribution is -2.61. The third-order valence-corrected chi connectivity index (χ3v) is 5.91. The summed E-state index contributed by atoms with van der Waals surface area (Å²) in [6.07, 6.45) is 4.14. The van der Waals surface area contributed by atoms with E-state index in [0.29, 0.717) is 24.6 Å². The Bertz CT molecular complexity index is 1040. The molecule has 1 amide bonds. The van der Waals surface area contributed by atoms with Gasteiger partial charge in [0.05, 0.1) is 12.0 Å². The van der Waals surface area contributed by atoms with Gasteiger partial charge in [0.1, 0.15) is 5.82 Å². The fraction of sp³-hybridized carbons (Fsp3) is 0.261. The van der Waals surface area contributed by atoms with Crippen LogP contribution in [0.3, 0.4) is 0 Å². The summed E-state index contributed by atoms with van der Waals surface area (Å²) in [6.45, 7) is 2.25. The molecule has 7 heteroatoms. The Morgan fingerprint density at radius 1 is 1.00 bits per heavy atom. The van der Waals surface area contributed by atoms with E-state index in [0.717, 1.165) is 13.1 Å². The molecule has 2 unspecified atom stereocenters. The number of hydrogen-bond donors (Lipinski definition) is 1. The average Bonchev–Trinajstić information content (AvgIpc) is 2.80. The number of hydrogen-bond acceptors (Lipinski definition) is 5. The third-order valence-electron chi connectivity index (χ3n) is 5.91. The molecule has 3 aromatic rings. The molecule has 0 saturated carbocycles. The minimum atomic E-state index is -0.323. The van der Waals surface area contributed by atoms with E-state index in [4.69, 9.17) is 0 Å². The molecule has 5 rings (SSSR count). The number of aromatic nitrogens is 2. The zero-order valence-electron chi connectivity index (χ0n) is 16.4. The highest BCUT2D eigenvalue weighted by atomic mass is 19.1. The molecular weight excluding hydrogens is 381 g/mol. The molecule has 1 saturated heterocycles. The second kappa shape index (κ2) is 7.74. The van der Waals surface area contributed by atoms with Gasteiger partial charge in [-0.25, -0.2) is 14.4 Å². The summed E-state index contributed by atoms with van der Waals surface area (Å²) in [5.41, 5.74) is 2.98. The minimum Gasteiger partial charge on any atom is -0.364 e. The van der Waals surface area contributed by atoms with Crippen LogP contribution in [0, 0.1) is 11.7 Å². The topological polar surface area (TPSA) is 61.4 Å². The van der Waals surface area contributed by atoms with Crippen molar-refractivity contribution in [2.45, 2.75) is 12.5 Å². The first-order chi connectivity index (χ1) is 14.7. The number of benzene rings is 2. The van der Waals surface area contributed by atoms with Crippen molar-refractivity contribution in [3.05, 3.63) is 78.4 Å². The molecule has 30 heavy (non-hydrogen) atoms. The van der Waals surface area contributed by atoms with Gasteiger partial charge in [0.25, 0.3) is 0 Å². The third kappa shape index (κ3) is 3.47. The average molecular weight is 403 g/mol. The number of rotatable bonds is 3. The van der Waals surface area contributed by atoms with E-state index in [-0.39, 0.29) is 23.7 Å². The molecule has 2 atom stereocenters. The first-order valence-corrected chi connectivity index (χ1v) is 10.1. The fourth-order valence-electron chi connectivity index (χ4n) is 4.46. The van der Waals surface area contributed by atoms with E-state index in [2.05, 4.69) is 37.2 Å². The van der Waals surface area contributed by atoms with Gasteiger partial charge in [0.15, 0.2) is 0 Å². The monoisotopic (exact) mass is 403 g/mol. The maximum absolute atomic E-state index is 13.3. The number of para-hydroxylation sites is 1. The molecular formula is C23H22FN5O. The van der Waals surface area contributed by atoms with Gasteiger partial charge in [-0.05, 0) is 48.4 Å². The van der Waals surface area contributed by atoms with Crippen molar-refractivity contribution >= 4 is 23.2 Å². The molecule has 3 heterocycles. The van der Waals surface area contributed by atoms with Gasteiger partial charge >= 0.3 is 0 Å². The summed E-state index contributed by atoms with van der Waals surface area (Å²) in [5, 5.41) is 2.98. The SMILES string of the molecule is O=C(Nc1ccc(F)cc1)C1Cc2ccccc2N2CCN(c3ncccn3)CC12. The molecule has 0 bridgehead atoms. The van der Waals surface area contributed by atoms with Crippen LogP contribution in [0.4, 0.5) is 21.7 Å². The van der Waals surface area contributed by atoms with Crippen molar-refractivity contribution in [3.63, 3.8) is 0 Å². The Morgan fingerprint density at radius 3 is 2.57 bits per heavy atom. The molecule has 2 aliphatic rings. The molecule has 0 spiro atoms. The summed E-state index contributed by atoms with van der Waals surface area (Å²) >= 11 is 0. The molecule has 1 fully saturated rings. The molecule has 2 aliphatic heterocycles. The van der Waals surface area contributed by atoms with Crippen LogP contribution >= 0.6 is 0 Å². The summed E-state index contributed by atoms with van der Waals surface area (Å²) in [7, 11) is 0. The molecule has 2 aromatic carbocycles. The van der Waals surface area contributed by atoms with Crippen LogP contribution in [0.2, 0.25) is 0 Å². The lowest BCUT2D eigenvalue weighted by Gasteiger charge is -2.49. The van der Waals surface area contributed by atoms with Gasteiger partial charge in [0, 0.05) is 43.4 Å². The largest absolute Gasteiger partial charge is 0.364 e. The summed E-state index contributed by atoms with van der Waals surface area (Å²) < 4.78 is 13.2. The van der Waals surface area contributed by atoms with E-state index >= 15 is 0 Å². The summed E-state index contributed by atoms with van der Waals surface area (Å²) in [6, 6.07) is 16.0. The number of fused-ring (bicyclic) bond motifs is 3. The molecule has 152 valence electrons. The van der Waals surface area contributed by atoms with Crippen molar-refractivity contribution < 1.29 is 9.18 Å². The summed E-state index contributed by atoms with van der Waals surface area (Å²) in [4.78, 5) is 26.5. The molecule has 0 radical (unpaired) electrons. The van der Waals surface area contributed by atoms with Gasteiger partial charge in [-0.2, -0.15) is 0 Å². The lowest BCUT2D eigenvalue weighted by molar-refractivity contribution is -0.120. The number of carbonyl (C=O) groups is 1. The van der Waals surface area contributed by atoms with Crippen LogP contribution < -0.4 is 15.1 Å². The number of carbonyl (C=O) groups excluding carboxylic acids is 1. The number of anilines is 3. The van der Waals surface area contributed by atoms with Crippen LogP contribution in [-0.2, 0) is 11.2 Å². The van der Waals surface area contributed by atoms with Crippen LogP contribution in [0.25, 0.3) is 0 Å². The number of amides is 1. The van der Waals surface area contributed by atoms with E-state index in [1.165, 1.54) is 23.4 Å². The normalized spacial score (nSPS) is 20.3. The maximum atomic E-state index is 13.3. The van der Waals surface area contributed by atoms with Crippen molar-refractivity contribution in [1.82, 2.24) is 9.97 Å². The Kier molecular flexibility index (Phi) is 4.78. The predicted molar refractivity (Wildman–Crippen MR) is 114 cm³/mol. The highest BCUT2D eigenvalue weighted by molar-refractivity contribution is 5.94. The van der Waals surface area contributed by atoms with Crippen molar-refractivity contribution in [2.24, 2.45) is 5.92 Å². The number of nitrogens with one attached hydrogen (secondary N) is 1. The predicted octanol–water partition coefficient (Wildman–Crippen LogP) is 3.12. The van der Waals surface area contributed by atoms with E-state index < -0.39 is 0 Å². The van der Waals surface area contributed by atoms with Crippen LogP contribution in [0.1, 0.15) is 5.56 Å². The molecule has 1 aromatic heterocycles. The standard InChI is InChI=1S/C23H22FN5O/c24-17-6-8-18(9-7-17)27-22(30)19-14-16-4-1-2-5-20(16)29-13-12-28(15-21(19)29)23-25-10-3-11-26-23/h1-11,19,21H,12-15H2,(H,27,30). The Balaban J connectivity index is 1.44. The Labute approximate surface area is 174 Å². The lowest BCUT2D eigenvalue weighted by atomic mass is 9.83. The van der Waals surface area contributed by atoms with Crippen LogP contribution in [-0.4, -0.2) is 41.6 Å². The van der Waals surface area contributed by atoms with E-state index in [1.54, 1.807) is 30.6 Å². The molecule has 6 nitrogen and oxygen atoms in total. The Morgan fingerprint density at radius 2 is 1.77 bits per heavy atom. The number of halogens is 1. The molecule has 1 N–H and O–H groups in total. The highest BCUT2D eigenvalue weighted by Crippen LogP contribution is 2.36. The van der Waals surface area contributed by atoms with Gasteiger partial charge in [-0.1, -0.05) is 18.2 Å². The number of piperazine rings is 1. The smallest absolute Gasteiger partial charge is 0.229 e. The summed E-state index contributed by atoms with van der Waals surface area (Å²) in [5.74, 6) is 0.0728. The van der Waals surface area contributed by atoms with Gasteiger partial charge < -0.3 is 15.1 Å². The van der Waals surface area contributed by atoms with E-state index in [9.17, 15) is 9.18 Å². The maximum Gasteiger partial charge on any atom is 0.229 e. The second-order valence-corrected chi connectivity index (χ2v) is 7.69. The van der Waals surface area contributed by atoms with Crippen molar-refractivity contribution in [1.29, 1.82) is 0 Å².